The van der Waals surface area contributed by atoms with Crippen LogP contribution in [0.15, 0.2) is 41.3 Å². The molecule has 0 saturated carbocycles. The normalized spacial score (nSPS) is 11.1. The summed E-state index contributed by atoms with van der Waals surface area (Å²) < 4.78 is 1.49. The fourth-order valence-electron chi connectivity index (χ4n) is 2.62. The maximum Gasteiger partial charge on any atom is 0.279 e. The molecule has 0 unspecified atom stereocenters. The molecule has 2 aromatic heterocycles. The van der Waals surface area contributed by atoms with Gasteiger partial charge in [0.25, 0.3) is 5.56 Å². The number of hydrogen-bond acceptors (Lipinski definition) is 3. The van der Waals surface area contributed by atoms with E-state index in [2.05, 4.69) is 15.3 Å². The average Bonchev–Trinajstić information content (AvgIpc) is 2.95. The summed E-state index contributed by atoms with van der Waals surface area (Å²) in [6.07, 6.45) is 1.77. The number of aromatic nitrogens is 3. The molecule has 0 atom stereocenters. The molecule has 6 nitrogen and oxygen atoms in total. The van der Waals surface area contributed by atoms with E-state index >= 15 is 0 Å². The number of fused-ring (bicyclic) bond motifs is 1. The van der Waals surface area contributed by atoms with Crippen molar-refractivity contribution in [1.29, 1.82) is 0 Å². The summed E-state index contributed by atoms with van der Waals surface area (Å²) >= 11 is 5.29. The van der Waals surface area contributed by atoms with Gasteiger partial charge in [0.15, 0.2) is 4.77 Å². The highest BCUT2D eigenvalue weighted by molar-refractivity contribution is 7.71. The lowest BCUT2D eigenvalue weighted by Crippen LogP contribution is -2.36. The fourth-order valence-corrected chi connectivity index (χ4v) is 2.87. The van der Waals surface area contributed by atoms with Crippen molar-refractivity contribution in [1.82, 2.24) is 19.9 Å². The smallest absolute Gasteiger partial charge is 0.279 e. The van der Waals surface area contributed by atoms with Crippen molar-refractivity contribution in [3.8, 4) is 11.1 Å². The summed E-state index contributed by atoms with van der Waals surface area (Å²) in [5, 5.41) is 2.76. The molecule has 24 heavy (non-hydrogen) atoms. The van der Waals surface area contributed by atoms with Crippen molar-refractivity contribution >= 4 is 29.2 Å². The minimum absolute atomic E-state index is 0.00431. The first-order chi connectivity index (χ1) is 11.5. The van der Waals surface area contributed by atoms with Gasteiger partial charge in [0.05, 0.1) is 5.52 Å². The van der Waals surface area contributed by atoms with Gasteiger partial charge in [0.1, 0.15) is 12.1 Å². The van der Waals surface area contributed by atoms with E-state index in [4.69, 9.17) is 12.2 Å². The zero-order chi connectivity index (χ0) is 17.3. The number of H-pyrrole nitrogens is 2. The topological polar surface area (TPSA) is 82.7 Å². The monoisotopic (exact) mass is 342 g/mol. The van der Waals surface area contributed by atoms with E-state index in [0.717, 1.165) is 11.1 Å². The molecule has 7 heteroatoms. The highest BCUT2D eigenvalue weighted by atomic mass is 32.1. The summed E-state index contributed by atoms with van der Waals surface area (Å²) in [5.74, 6) is -0.249. The van der Waals surface area contributed by atoms with Gasteiger partial charge in [-0.2, -0.15) is 0 Å². The van der Waals surface area contributed by atoms with Gasteiger partial charge in [0.2, 0.25) is 5.91 Å². The van der Waals surface area contributed by atoms with Crippen LogP contribution in [0.1, 0.15) is 13.8 Å². The van der Waals surface area contributed by atoms with Gasteiger partial charge >= 0.3 is 0 Å². The van der Waals surface area contributed by atoms with E-state index in [1.54, 1.807) is 6.20 Å². The molecule has 1 aromatic carbocycles. The summed E-state index contributed by atoms with van der Waals surface area (Å²) in [7, 11) is 0. The molecule has 0 fully saturated rings. The Bertz CT molecular complexity index is 999. The number of nitrogens with one attached hydrogen (secondary N) is 3. The van der Waals surface area contributed by atoms with Crippen LogP contribution < -0.4 is 10.9 Å². The van der Waals surface area contributed by atoms with Gasteiger partial charge in [-0.25, -0.2) is 0 Å². The van der Waals surface area contributed by atoms with Crippen LogP contribution in [0.5, 0.6) is 0 Å². The second-order valence-electron chi connectivity index (χ2n) is 5.86. The van der Waals surface area contributed by atoms with Crippen LogP contribution in [0, 0.1) is 4.77 Å². The van der Waals surface area contributed by atoms with Gasteiger partial charge in [-0.3, -0.25) is 14.2 Å². The largest absolute Gasteiger partial charge is 0.355 e. The number of benzene rings is 1. The first kappa shape index (κ1) is 16.2. The second-order valence-corrected chi connectivity index (χ2v) is 6.25. The summed E-state index contributed by atoms with van der Waals surface area (Å²) in [5.41, 5.74) is 2.59. The highest BCUT2D eigenvalue weighted by Gasteiger charge is 2.14. The molecule has 0 radical (unpaired) electrons. The van der Waals surface area contributed by atoms with Gasteiger partial charge < -0.3 is 15.3 Å². The molecule has 0 aliphatic carbocycles. The molecule has 0 spiro atoms. The number of rotatable bonds is 4. The van der Waals surface area contributed by atoms with Crippen molar-refractivity contribution in [2.45, 2.75) is 26.4 Å². The quantitative estimate of drug-likeness (QED) is 0.637. The SMILES string of the molecule is CC(C)NC(=O)Cn1c(=S)[nH]c2c(-c3ccccc3)c[nH]c2c1=O. The third kappa shape index (κ3) is 3.03. The van der Waals surface area contributed by atoms with Gasteiger partial charge in [-0.05, 0) is 31.6 Å². The molecule has 3 rings (SSSR count). The predicted octanol–water partition coefficient (Wildman–Crippen LogP) is 2.58. The average molecular weight is 342 g/mol. The van der Waals surface area contributed by atoms with Crippen molar-refractivity contribution in [3.05, 3.63) is 51.7 Å². The summed E-state index contributed by atoms with van der Waals surface area (Å²) in [6, 6.07) is 9.72. The van der Waals surface area contributed by atoms with Crippen LogP contribution in [0.3, 0.4) is 0 Å². The van der Waals surface area contributed by atoms with Crippen molar-refractivity contribution in [3.63, 3.8) is 0 Å². The molecule has 124 valence electrons. The number of amides is 1. The van der Waals surface area contributed by atoms with Crippen LogP contribution in [0.25, 0.3) is 22.2 Å². The molecule has 3 aromatic rings. The predicted molar refractivity (Wildman–Crippen MR) is 96.5 cm³/mol. The maximum absolute atomic E-state index is 12.7. The van der Waals surface area contributed by atoms with E-state index in [0.29, 0.717) is 11.0 Å². The number of nitrogens with zero attached hydrogens (tertiary/aromatic N) is 1. The molecule has 0 aliphatic heterocycles. The Balaban J connectivity index is 2.08. The Morgan fingerprint density at radius 2 is 1.96 bits per heavy atom. The van der Waals surface area contributed by atoms with Crippen LogP contribution in [0.4, 0.5) is 0 Å². The summed E-state index contributed by atoms with van der Waals surface area (Å²) in [4.78, 5) is 30.7. The molecule has 2 heterocycles. The third-order valence-electron chi connectivity index (χ3n) is 3.65. The molecule has 3 N–H and O–H groups in total. The van der Waals surface area contributed by atoms with Gasteiger partial charge in [-0.15, -0.1) is 0 Å². The zero-order valence-electron chi connectivity index (χ0n) is 13.4. The van der Waals surface area contributed by atoms with E-state index in [-0.39, 0.29) is 28.8 Å². The molecular formula is C17H18N4O2S. The van der Waals surface area contributed by atoms with Crippen LogP contribution in [-0.4, -0.2) is 26.5 Å². The Hall–Kier alpha value is -2.67. The standard InChI is InChI=1S/C17H18N4O2S/c1-10(2)19-13(22)9-21-16(23)15-14(20-17(21)24)12(8-18-15)11-6-4-3-5-7-11/h3-8,10,18H,9H2,1-2H3,(H,19,22)(H,20,24). The van der Waals surface area contributed by atoms with Gasteiger partial charge in [-0.1, -0.05) is 30.3 Å². The number of aromatic amines is 2. The van der Waals surface area contributed by atoms with E-state index in [1.807, 2.05) is 44.2 Å². The first-order valence-corrected chi connectivity index (χ1v) is 8.07. The molecule has 1 amide bonds. The third-order valence-corrected chi connectivity index (χ3v) is 3.97. The van der Waals surface area contributed by atoms with E-state index in [9.17, 15) is 9.59 Å². The lowest BCUT2D eigenvalue weighted by atomic mass is 10.1. The second kappa shape index (κ2) is 6.45. The number of carbonyl (C=O) groups is 1. The Kier molecular flexibility index (Phi) is 4.35. The van der Waals surface area contributed by atoms with Crippen LogP contribution in [0.2, 0.25) is 0 Å². The lowest BCUT2D eigenvalue weighted by molar-refractivity contribution is -0.122. The first-order valence-electron chi connectivity index (χ1n) is 7.66. The molecular weight excluding hydrogens is 324 g/mol. The summed E-state index contributed by atoms with van der Waals surface area (Å²) in [6.45, 7) is 3.62. The fraction of sp³-hybridized carbons (Fsp3) is 0.235. The zero-order valence-corrected chi connectivity index (χ0v) is 14.2. The minimum atomic E-state index is -0.310. The Morgan fingerprint density at radius 3 is 2.62 bits per heavy atom. The van der Waals surface area contributed by atoms with Crippen molar-refractivity contribution < 1.29 is 4.79 Å². The van der Waals surface area contributed by atoms with E-state index in [1.165, 1.54) is 4.57 Å². The maximum atomic E-state index is 12.7. The van der Waals surface area contributed by atoms with E-state index < -0.39 is 0 Å². The highest BCUT2D eigenvalue weighted by Crippen LogP contribution is 2.25. The van der Waals surface area contributed by atoms with Crippen LogP contribution in [-0.2, 0) is 11.3 Å². The van der Waals surface area contributed by atoms with Crippen molar-refractivity contribution in [2.75, 3.05) is 0 Å². The Labute approximate surface area is 143 Å². The molecule has 0 bridgehead atoms. The minimum Gasteiger partial charge on any atom is -0.355 e. The lowest BCUT2D eigenvalue weighted by Gasteiger charge is -2.10. The van der Waals surface area contributed by atoms with Crippen molar-refractivity contribution in [2.24, 2.45) is 0 Å². The molecule has 0 saturated heterocycles. The van der Waals surface area contributed by atoms with Gasteiger partial charge in [0, 0.05) is 17.8 Å². The number of hydrogen-bond donors (Lipinski definition) is 3. The molecule has 0 aliphatic rings. The Morgan fingerprint density at radius 1 is 1.25 bits per heavy atom. The van der Waals surface area contributed by atoms with Crippen LogP contribution >= 0.6 is 12.2 Å². The number of carbonyl (C=O) groups excluding carboxylic acids is 1.